The molecule has 0 saturated carbocycles. The Labute approximate surface area is 178 Å². The van der Waals surface area contributed by atoms with Gasteiger partial charge >= 0.3 is 0 Å². The summed E-state index contributed by atoms with van der Waals surface area (Å²) in [6.45, 7) is 7.16. The lowest BCUT2D eigenvalue weighted by Gasteiger charge is -2.41. The summed E-state index contributed by atoms with van der Waals surface area (Å²) < 4.78 is 5.34. The molecule has 0 unspecified atom stereocenters. The number of hydrogen-bond acceptors (Lipinski definition) is 0. The summed E-state index contributed by atoms with van der Waals surface area (Å²) in [5.41, 5.74) is 6.88. The SMILES string of the molecule is CC(C)(C)P1n2c(cc3ccccc32)C(c2ccccc2)c2cc3ccccc3n21. The summed E-state index contributed by atoms with van der Waals surface area (Å²) in [6, 6.07) is 33.6. The van der Waals surface area contributed by atoms with Gasteiger partial charge in [-0.2, -0.15) is 0 Å². The van der Waals surface area contributed by atoms with Gasteiger partial charge in [-0.25, -0.2) is 0 Å². The molecule has 0 bridgehead atoms. The number of aromatic nitrogens is 2. The molecule has 0 N–H and O–H groups in total. The van der Waals surface area contributed by atoms with Crippen LogP contribution in [0.2, 0.25) is 0 Å². The predicted molar refractivity (Wildman–Crippen MR) is 129 cm³/mol. The van der Waals surface area contributed by atoms with E-state index in [1.165, 1.54) is 38.8 Å². The molecule has 1 aliphatic rings. The maximum atomic E-state index is 2.67. The van der Waals surface area contributed by atoms with Crippen molar-refractivity contribution in [2.24, 2.45) is 0 Å². The molecule has 3 aromatic carbocycles. The number of para-hydroxylation sites is 2. The van der Waals surface area contributed by atoms with Crippen molar-refractivity contribution < 1.29 is 0 Å². The smallest absolute Gasteiger partial charge is 0.110 e. The molecule has 0 fully saturated rings. The van der Waals surface area contributed by atoms with E-state index in [1.807, 2.05) is 0 Å². The second kappa shape index (κ2) is 6.33. The Morgan fingerprint density at radius 2 is 1.10 bits per heavy atom. The number of nitrogens with zero attached hydrogens (tertiary/aromatic N) is 2. The molecular formula is C27H25N2P. The molecule has 0 amide bonds. The first-order valence-electron chi connectivity index (χ1n) is 10.6. The topological polar surface area (TPSA) is 9.86 Å². The van der Waals surface area contributed by atoms with Gasteiger partial charge in [-0.1, -0.05) is 87.5 Å². The third kappa shape index (κ3) is 2.47. The Morgan fingerprint density at radius 3 is 1.60 bits per heavy atom. The highest BCUT2D eigenvalue weighted by Gasteiger charge is 2.41. The number of rotatable bonds is 1. The Bertz CT molecular complexity index is 1300. The molecule has 0 spiro atoms. The Morgan fingerprint density at radius 1 is 0.633 bits per heavy atom. The first kappa shape index (κ1) is 18.0. The van der Waals surface area contributed by atoms with E-state index in [0.29, 0.717) is 0 Å². The van der Waals surface area contributed by atoms with Crippen LogP contribution < -0.4 is 0 Å². The summed E-state index contributed by atoms with van der Waals surface area (Å²) in [4.78, 5) is 0. The molecule has 2 nitrogen and oxygen atoms in total. The molecule has 2 aromatic heterocycles. The van der Waals surface area contributed by atoms with E-state index < -0.39 is 8.22 Å². The van der Waals surface area contributed by atoms with Crippen molar-refractivity contribution >= 4 is 30.0 Å². The van der Waals surface area contributed by atoms with Crippen LogP contribution in [0.1, 0.15) is 43.6 Å². The lowest BCUT2D eigenvalue weighted by molar-refractivity contribution is 0.729. The Hall–Kier alpha value is -2.83. The zero-order valence-electron chi connectivity index (χ0n) is 17.6. The zero-order chi connectivity index (χ0) is 20.5. The van der Waals surface area contributed by atoms with Gasteiger partial charge in [0, 0.05) is 27.3 Å². The van der Waals surface area contributed by atoms with E-state index in [4.69, 9.17) is 0 Å². The minimum atomic E-state index is -0.654. The molecule has 3 heterocycles. The maximum Gasteiger partial charge on any atom is 0.110 e. The van der Waals surface area contributed by atoms with Gasteiger partial charge in [0.2, 0.25) is 0 Å². The van der Waals surface area contributed by atoms with Crippen LogP contribution >= 0.6 is 8.22 Å². The Balaban J connectivity index is 1.79. The summed E-state index contributed by atoms with van der Waals surface area (Å²) in [5, 5.41) is 2.78. The minimum absolute atomic E-state index is 0.115. The van der Waals surface area contributed by atoms with E-state index >= 15 is 0 Å². The van der Waals surface area contributed by atoms with Gasteiger partial charge in [0.05, 0.1) is 17.0 Å². The summed E-state index contributed by atoms with van der Waals surface area (Å²) in [5.74, 6) is 0.229. The van der Waals surface area contributed by atoms with Crippen molar-refractivity contribution in [3.05, 3.63) is 108 Å². The van der Waals surface area contributed by atoms with Crippen LogP contribution in [0.25, 0.3) is 21.8 Å². The van der Waals surface area contributed by atoms with Crippen molar-refractivity contribution in [2.75, 3.05) is 0 Å². The monoisotopic (exact) mass is 408 g/mol. The van der Waals surface area contributed by atoms with E-state index in [9.17, 15) is 0 Å². The van der Waals surface area contributed by atoms with E-state index in [2.05, 4.69) is 120 Å². The van der Waals surface area contributed by atoms with Crippen molar-refractivity contribution in [3.8, 4) is 0 Å². The van der Waals surface area contributed by atoms with Crippen LogP contribution in [0.3, 0.4) is 0 Å². The molecule has 148 valence electrons. The van der Waals surface area contributed by atoms with Crippen molar-refractivity contribution in [3.63, 3.8) is 0 Å². The first-order chi connectivity index (χ1) is 14.5. The van der Waals surface area contributed by atoms with Gasteiger partial charge in [-0.05, 0) is 29.8 Å². The fourth-order valence-electron chi connectivity index (χ4n) is 4.99. The highest BCUT2D eigenvalue weighted by molar-refractivity contribution is 7.56. The third-order valence-corrected chi connectivity index (χ3v) is 8.98. The summed E-state index contributed by atoms with van der Waals surface area (Å²) in [7, 11) is -0.654. The molecule has 0 radical (unpaired) electrons. The molecule has 3 heteroatoms. The van der Waals surface area contributed by atoms with Crippen molar-refractivity contribution in [2.45, 2.75) is 31.8 Å². The Kier molecular flexibility index (Phi) is 3.80. The standard InChI is InChI=1S/C27H25N2P/c1-27(2,3)30-28-22-15-9-7-13-20(22)17-24(28)26(19-11-5-4-6-12-19)25-18-21-14-8-10-16-23(21)29(25)30/h4-18,26H,1-3H3. The second-order valence-electron chi connectivity index (χ2n) is 9.18. The van der Waals surface area contributed by atoms with E-state index in [-0.39, 0.29) is 11.1 Å². The fourth-order valence-corrected chi connectivity index (χ4v) is 7.92. The van der Waals surface area contributed by atoms with E-state index in [1.54, 1.807) is 0 Å². The molecule has 5 aromatic rings. The summed E-state index contributed by atoms with van der Waals surface area (Å²) in [6.07, 6.45) is 0. The fraction of sp³-hybridized carbons (Fsp3) is 0.185. The molecule has 1 aliphatic heterocycles. The normalized spacial score (nSPS) is 18.5. The zero-order valence-corrected chi connectivity index (χ0v) is 18.5. The maximum absolute atomic E-state index is 2.67. The second-order valence-corrected chi connectivity index (χ2v) is 11.9. The van der Waals surface area contributed by atoms with Crippen LogP contribution in [-0.2, 0) is 0 Å². The van der Waals surface area contributed by atoms with Crippen LogP contribution in [-0.4, -0.2) is 13.8 Å². The first-order valence-corrected chi connectivity index (χ1v) is 11.9. The molecular weight excluding hydrogens is 383 g/mol. The van der Waals surface area contributed by atoms with Gasteiger partial charge in [-0.3, -0.25) is 0 Å². The van der Waals surface area contributed by atoms with Crippen LogP contribution in [0, 0.1) is 0 Å². The lowest BCUT2D eigenvalue weighted by Crippen LogP contribution is -2.28. The van der Waals surface area contributed by atoms with Crippen LogP contribution in [0.5, 0.6) is 0 Å². The lowest BCUT2D eigenvalue weighted by atomic mass is 9.92. The van der Waals surface area contributed by atoms with E-state index in [0.717, 1.165) is 0 Å². The van der Waals surface area contributed by atoms with Gasteiger partial charge in [0.25, 0.3) is 0 Å². The molecule has 0 aliphatic carbocycles. The summed E-state index contributed by atoms with van der Waals surface area (Å²) >= 11 is 0. The average Bonchev–Trinajstić information content (AvgIpc) is 3.30. The van der Waals surface area contributed by atoms with Crippen LogP contribution in [0.4, 0.5) is 0 Å². The van der Waals surface area contributed by atoms with Crippen molar-refractivity contribution in [1.29, 1.82) is 0 Å². The molecule has 6 rings (SSSR count). The molecule has 30 heavy (non-hydrogen) atoms. The molecule has 0 atom stereocenters. The third-order valence-electron chi connectivity index (χ3n) is 6.13. The minimum Gasteiger partial charge on any atom is -0.304 e. The number of hydrogen-bond donors (Lipinski definition) is 0. The van der Waals surface area contributed by atoms with Gasteiger partial charge in [0.15, 0.2) is 0 Å². The average molecular weight is 408 g/mol. The highest BCUT2D eigenvalue weighted by Crippen LogP contribution is 2.62. The number of fused-ring (bicyclic) bond motifs is 6. The van der Waals surface area contributed by atoms with Gasteiger partial charge in [-0.15, -0.1) is 0 Å². The van der Waals surface area contributed by atoms with Crippen LogP contribution in [0.15, 0.2) is 91.0 Å². The predicted octanol–water partition coefficient (Wildman–Crippen LogP) is 7.60. The van der Waals surface area contributed by atoms with Crippen molar-refractivity contribution in [1.82, 2.24) is 8.68 Å². The molecule has 0 saturated heterocycles. The van der Waals surface area contributed by atoms with Gasteiger partial charge < -0.3 is 8.68 Å². The highest BCUT2D eigenvalue weighted by atomic mass is 31.1. The number of benzene rings is 3. The van der Waals surface area contributed by atoms with Gasteiger partial charge in [0.1, 0.15) is 8.22 Å². The quantitative estimate of drug-likeness (QED) is 0.253. The largest absolute Gasteiger partial charge is 0.304 e.